The Bertz CT molecular complexity index is 380. The van der Waals surface area contributed by atoms with E-state index in [1.165, 1.54) is 44.9 Å². The maximum Gasteiger partial charge on any atom is 0.310 e. The highest BCUT2D eigenvalue weighted by molar-refractivity contribution is 5.81. The molecule has 0 spiro atoms. The van der Waals surface area contributed by atoms with Gasteiger partial charge in [-0.1, -0.05) is 71.6 Å². The molecule has 4 heteroatoms. The number of hydrogen-bond acceptors (Lipinski definition) is 3. The number of carboxylic acid groups (broad SMARTS) is 1. The number of esters is 1. The van der Waals surface area contributed by atoms with Crippen LogP contribution in [-0.4, -0.2) is 23.1 Å². The molecule has 0 aliphatic heterocycles. The van der Waals surface area contributed by atoms with E-state index in [0.29, 0.717) is 12.8 Å². The number of carboxylic acids is 1. The van der Waals surface area contributed by atoms with Gasteiger partial charge in [0.1, 0.15) is 6.10 Å². The highest BCUT2D eigenvalue weighted by Crippen LogP contribution is 2.32. The van der Waals surface area contributed by atoms with Gasteiger partial charge in [0, 0.05) is 0 Å². The molecular weight excluding hydrogens is 316 g/mol. The van der Waals surface area contributed by atoms with Gasteiger partial charge in [0.2, 0.25) is 0 Å². The maximum atomic E-state index is 12.4. The number of unbranched alkanes of at least 4 members (excludes halogenated alkanes) is 7. The Morgan fingerprint density at radius 1 is 0.920 bits per heavy atom. The zero-order chi connectivity index (χ0) is 18.5. The summed E-state index contributed by atoms with van der Waals surface area (Å²) in [5.41, 5.74) is 0. The zero-order valence-electron chi connectivity index (χ0n) is 16.3. The predicted octanol–water partition coefficient (Wildman–Crippen LogP) is 5.73. The molecule has 1 saturated carbocycles. The average Bonchev–Trinajstić information content (AvgIpc) is 2.62. The molecule has 0 heterocycles. The Morgan fingerprint density at radius 3 is 2.04 bits per heavy atom. The molecule has 0 saturated heterocycles. The Kier molecular flexibility index (Phi) is 11.6. The highest BCUT2D eigenvalue weighted by Gasteiger charge is 2.37. The van der Waals surface area contributed by atoms with E-state index in [4.69, 9.17) is 4.74 Å². The van der Waals surface area contributed by atoms with Crippen LogP contribution in [0.25, 0.3) is 0 Å². The van der Waals surface area contributed by atoms with Gasteiger partial charge in [-0.2, -0.15) is 0 Å². The van der Waals surface area contributed by atoms with E-state index in [9.17, 15) is 14.7 Å². The van der Waals surface area contributed by atoms with Gasteiger partial charge < -0.3 is 9.84 Å². The monoisotopic (exact) mass is 354 g/mol. The normalized spacial score (nSPS) is 21.7. The van der Waals surface area contributed by atoms with Crippen molar-refractivity contribution in [1.29, 1.82) is 0 Å². The fourth-order valence-electron chi connectivity index (χ4n) is 3.81. The summed E-state index contributed by atoms with van der Waals surface area (Å²) >= 11 is 0. The minimum Gasteiger partial charge on any atom is -0.481 e. The molecule has 0 aromatic heterocycles. The number of hydrogen-bond donors (Lipinski definition) is 1. The van der Waals surface area contributed by atoms with Gasteiger partial charge in [-0.15, -0.1) is 0 Å². The van der Waals surface area contributed by atoms with Crippen LogP contribution in [0.3, 0.4) is 0 Å². The summed E-state index contributed by atoms with van der Waals surface area (Å²) in [7, 11) is 0. The molecule has 1 fully saturated rings. The number of aliphatic carboxylic acids is 1. The first-order valence-corrected chi connectivity index (χ1v) is 10.5. The third-order valence-electron chi connectivity index (χ3n) is 5.50. The summed E-state index contributed by atoms with van der Waals surface area (Å²) in [4.78, 5) is 23.8. The van der Waals surface area contributed by atoms with Crippen molar-refractivity contribution < 1.29 is 19.4 Å². The SMILES string of the molecule is CCCCCCCCCCC(CC)OC(=O)C1CCCCC1C(=O)O. The van der Waals surface area contributed by atoms with Crippen molar-refractivity contribution in [2.24, 2.45) is 11.8 Å². The van der Waals surface area contributed by atoms with Crippen LogP contribution in [0.5, 0.6) is 0 Å². The smallest absolute Gasteiger partial charge is 0.310 e. The lowest BCUT2D eigenvalue weighted by Crippen LogP contribution is -2.35. The molecule has 0 bridgehead atoms. The number of carbonyl (C=O) groups is 2. The van der Waals surface area contributed by atoms with Crippen LogP contribution in [0, 0.1) is 11.8 Å². The van der Waals surface area contributed by atoms with Crippen molar-refractivity contribution in [3.63, 3.8) is 0 Å². The van der Waals surface area contributed by atoms with E-state index >= 15 is 0 Å². The zero-order valence-corrected chi connectivity index (χ0v) is 16.3. The van der Waals surface area contributed by atoms with Crippen molar-refractivity contribution in [2.75, 3.05) is 0 Å². The molecule has 0 aromatic carbocycles. The minimum absolute atomic E-state index is 0.0519. The van der Waals surface area contributed by atoms with Crippen molar-refractivity contribution >= 4 is 11.9 Å². The van der Waals surface area contributed by atoms with Crippen LogP contribution in [-0.2, 0) is 14.3 Å². The molecule has 3 unspecified atom stereocenters. The van der Waals surface area contributed by atoms with Crippen molar-refractivity contribution in [3.05, 3.63) is 0 Å². The van der Waals surface area contributed by atoms with E-state index < -0.39 is 17.8 Å². The minimum atomic E-state index is -0.849. The van der Waals surface area contributed by atoms with E-state index in [1.807, 2.05) is 6.92 Å². The summed E-state index contributed by atoms with van der Waals surface area (Å²) in [6.45, 7) is 4.27. The van der Waals surface area contributed by atoms with Gasteiger partial charge in [0.15, 0.2) is 0 Å². The molecule has 146 valence electrons. The van der Waals surface area contributed by atoms with Crippen LogP contribution in [0.1, 0.15) is 104 Å². The quantitative estimate of drug-likeness (QED) is 0.339. The Hall–Kier alpha value is -1.06. The average molecular weight is 355 g/mol. The summed E-state index contributed by atoms with van der Waals surface area (Å²) in [5, 5.41) is 9.32. The molecular formula is C21H38O4. The third kappa shape index (κ3) is 8.73. The molecule has 1 N–H and O–H groups in total. The third-order valence-corrected chi connectivity index (χ3v) is 5.50. The maximum absolute atomic E-state index is 12.4. The second kappa shape index (κ2) is 13.2. The van der Waals surface area contributed by atoms with Gasteiger partial charge >= 0.3 is 11.9 Å². The van der Waals surface area contributed by atoms with Crippen LogP contribution in [0.15, 0.2) is 0 Å². The Balaban J connectivity index is 2.25. The Labute approximate surface area is 153 Å². The first-order chi connectivity index (χ1) is 12.1. The summed E-state index contributed by atoms with van der Waals surface area (Å²) in [6.07, 6.45) is 14.9. The molecule has 3 atom stereocenters. The largest absolute Gasteiger partial charge is 0.481 e. The first-order valence-electron chi connectivity index (χ1n) is 10.5. The molecule has 0 aromatic rings. The second-order valence-corrected chi connectivity index (χ2v) is 7.57. The van der Waals surface area contributed by atoms with E-state index in [1.54, 1.807) is 0 Å². The number of carbonyl (C=O) groups excluding carboxylic acids is 1. The fraction of sp³-hybridized carbons (Fsp3) is 0.905. The van der Waals surface area contributed by atoms with Gasteiger partial charge in [0.05, 0.1) is 11.8 Å². The molecule has 0 radical (unpaired) electrons. The van der Waals surface area contributed by atoms with Crippen molar-refractivity contribution in [2.45, 2.75) is 110 Å². The number of ether oxygens (including phenoxy) is 1. The first kappa shape index (κ1) is 22.0. The Morgan fingerprint density at radius 2 is 1.48 bits per heavy atom. The standard InChI is InChI=1S/C21H38O4/c1-3-5-6-7-8-9-10-11-14-17(4-2)25-21(24)19-16-13-12-15-18(19)20(22)23/h17-19H,3-16H2,1-2H3,(H,22,23). The molecule has 25 heavy (non-hydrogen) atoms. The van der Waals surface area contributed by atoms with E-state index in [0.717, 1.165) is 32.1 Å². The lowest BCUT2D eigenvalue weighted by atomic mass is 9.79. The molecule has 0 amide bonds. The summed E-state index contributed by atoms with van der Waals surface area (Å²) in [5.74, 6) is -2.13. The van der Waals surface area contributed by atoms with Gasteiger partial charge in [-0.05, 0) is 32.1 Å². The lowest BCUT2D eigenvalue weighted by Gasteiger charge is -2.28. The van der Waals surface area contributed by atoms with Gasteiger partial charge in [0.25, 0.3) is 0 Å². The van der Waals surface area contributed by atoms with Crippen LogP contribution >= 0.6 is 0 Å². The summed E-state index contributed by atoms with van der Waals surface area (Å²) in [6, 6.07) is 0. The fourth-order valence-corrected chi connectivity index (χ4v) is 3.81. The second-order valence-electron chi connectivity index (χ2n) is 7.57. The van der Waals surface area contributed by atoms with Crippen molar-refractivity contribution in [1.82, 2.24) is 0 Å². The molecule has 1 aliphatic rings. The molecule has 1 aliphatic carbocycles. The van der Waals surface area contributed by atoms with Gasteiger partial charge in [-0.25, -0.2) is 0 Å². The number of rotatable bonds is 13. The molecule has 4 nitrogen and oxygen atoms in total. The highest BCUT2D eigenvalue weighted by atomic mass is 16.5. The topological polar surface area (TPSA) is 63.6 Å². The van der Waals surface area contributed by atoms with Crippen LogP contribution in [0.2, 0.25) is 0 Å². The van der Waals surface area contributed by atoms with Gasteiger partial charge in [-0.3, -0.25) is 9.59 Å². The van der Waals surface area contributed by atoms with Crippen LogP contribution in [0.4, 0.5) is 0 Å². The summed E-state index contributed by atoms with van der Waals surface area (Å²) < 4.78 is 5.68. The predicted molar refractivity (Wildman–Crippen MR) is 100 cm³/mol. The van der Waals surface area contributed by atoms with Crippen molar-refractivity contribution in [3.8, 4) is 0 Å². The molecule has 1 rings (SSSR count). The lowest BCUT2D eigenvalue weighted by molar-refractivity contribution is -0.164. The van der Waals surface area contributed by atoms with E-state index in [2.05, 4.69) is 6.92 Å². The van der Waals surface area contributed by atoms with Crippen LogP contribution < -0.4 is 0 Å². The van der Waals surface area contributed by atoms with E-state index in [-0.39, 0.29) is 12.1 Å².